The largest absolute Gasteiger partial charge is 0.218 e. The van der Waals surface area contributed by atoms with Gasteiger partial charge in [-0.3, -0.25) is 0 Å². The zero-order valence-corrected chi connectivity index (χ0v) is 15.8. The highest BCUT2D eigenvalue weighted by atomic mass is 32.2. The maximum atomic E-state index is 13.2. The molecule has 0 unspecified atom stereocenters. The Morgan fingerprint density at radius 2 is 1.54 bits per heavy atom. The molecule has 3 rings (SSSR count). The van der Waals surface area contributed by atoms with Crippen molar-refractivity contribution in [1.29, 1.82) is 10.5 Å². The summed E-state index contributed by atoms with van der Waals surface area (Å²) < 4.78 is 26.5. The van der Waals surface area contributed by atoms with Gasteiger partial charge in [-0.15, -0.1) is 11.3 Å². The van der Waals surface area contributed by atoms with Gasteiger partial charge in [-0.2, -0.15) is 10.5 Å². The number of rotatable bonds is 2. The summed E-state index contributed by atoms with van der Waals surface area (Å²) >= 11 is 1.36. The number of sulfone groups is 1. The van der Waals surface area contributed by atoms with E-state index in [0.717, 1.165) is 10.4 Å². The Balaban J connectivity index is 2.31. The Kier molecular flexibility index (Phi) is 4.65. The van der Waals surface area contributed by atoms with Crippen molar-refractivity contribution in [2.75, 3.05) is 0 Å². The van der Waals surface area contributed by atoms with Crippen LogP contribution in [-0.2, 0) is 9.84 Å². The summed E-state index contributed by atoms with van der Waals surface area (Å²) in [7, 11) is -3.77. The number of allylic oxidation sites excluding steroid dienone is 4. The van der Waals surface area contributed by atoms with E-state index < -0.39 is 9.84 Å². The van der Waals surface area contributed by atoms with Crippen molar-refractivity contribution in [3.8, 4) is 12.1 Å². The van der Waals surface area contributed by atoms with Crippen LogP contribution < -0.4 is 0 Å². The maximum absolute atomic E-state index is 13.2. The molecule has 1 aliphatic heterocycles. The second kappa shape index (κ2) is 6.76. The Bertz CT molecular complexity index is 1150. The third kappa shape index (κ3) is 3.13. The van der Waals surface area contributed by atoms with Crippen molar-refractivity contribution in [2.24, 2.45) is 0 Å². The van der Waals surface area contributed by atoms with Gasteiger partial charge in [0, 0.05) is 15.3 Å². The van der Waals surface area contributed by atoms with Crippen molar-refractivity contribution in [3.05, 3.63) is 80.6 Å². The second-order valence-corrected chi connectivity index (χ2v) is 9.03. The van der Waals surface area contributed by atoms with Gasteiger partial charge in [-0.1, -0.05) is 29.8 Å². The lowest BCUT2D eigenvalue weighted by Gasteiger charge is -2.17. The first kappa shape index (κ1) is 17.9. The average Bonchev–Trinajstić information content (AvgIpc) is 3.03. The van der Waals surface area contributed by atoms with Crippen LogP contribution in [0.15, 0.2) is 59.7 Å². The van der Waals surface area contributed by atoms with Crippen LogP contribution in [0.5, 0.6) is 0 Å². The molecule has 1 aliphatic rings. The zero-order valence-electron chi connectivity index (χ0n) is 14.1. The smallest absolute Gasteiger partial charge is 0.208 e. The molecule has 0 bridgehead atoms. The van der Waals surface area contributed by atoms with Gasteiger partial charge in [-0.05, 0) is 43.7 Å². The van der Waals surface area contributed by atoms with Gasteiger partial charge in [0.1, 0.15) is 17.7 Å². The second-order valence-electron chi connectivity index (χ2n) is 5.85. The third-order valence-corrected chi connectivity index (χ3v) is 7.00. The molecular formula is C20H14N2O2S2. The van der Waals surface area contributed by atoms with E-state index in [1.807, 2.05) is 44.2 Å². The quantitative estimate of drug-likeness (QED) is 0.720. The van der Waals surface area contributed by atoms with E-state index in [9.17, 15) is 18.9 Å². The first-order chi connectivity index (χ1) is 12.4. The highest BCUT2D eigenvalue weighted by Crippen LogP contribution is 2.41. The van der Waals surface area contributed by atoms with E-state index in [-0.39, 0.29) is 15.4 Å². The molecule has 0 saturated carbocycles. The molecule has 128 valence electrons. The summed E-state index contributed by atoms with van der Waals surface area (Å²) in [5.41, 5.74) is 1.73. The minimum atomic E-state index is -3.77. The molecule has 0 N–H and O–H groups in total. The van der Waals surface area contributed by atoms with E-state index in [2.05, 4.69) is 0 Å². The van der Waals surface area contributed by atoms with E-state index in [0.29, 0.717) is 16.0 Å². The van der Waals surface area contributed by atoms with Gasteiger partial charge in [0.15, 0.2) is 0 Å². The van der Waals surface area contributed by atoms with E-state index >= 15 is 0 Å². The van der Waals surface area contributed by atoms with Gasteiger partial charge in [0.2, 0.25) is 9.84 Å². The fourth-order valence-corrected chi connectivity index (χ4v) is 5.44. The molecule has 2 aromatic rings. The summed E-state index contributed by atoms with van der Waals surface area (Å²) in [6, 6.07) is 14.4. The minimum Gasteiger partial charge on any atom is -0.218 e. The Hall–Kier alpha value is -2.93. The fourth-order valence-electron chi connectivity index (χ4n) is 2.62. The molecule has 0 fully saturated rings. The van der Waals surface area contributed by atoms with E-state index in [1.54, 1.807) is 18.2 Å². The van der Waals surface area contributed by atoms with Crippen LogP contribution in [0.4, 0.5) is 0 Å². The topological polar surface area (TPSA) is 81.7 Å². The van der Waals surface area contributed by atoms with E-state index in [1.165, 1.54) is 23.5 Å². The van der Waals surface area contributed by atoms with E-state index in [4.69, 9.17) is 0 Å². The molecule has 0 spiro atoms. The molecule has 1 aromatic heterocycles. The van der Waals surface area contributed by atoms with Crippen molar-refractivity contribution in [3.63, 3.8) is 0 Å². The molecule has 1 aromatic carbocycles. The zero-order chi connectivity index (χ0) is 18.9. The molecule has 6 heteroatoms. The monoisotopic (exact) mass is 378 g/mol. The molecule has 0 radical (unpaired) electrons. The predicted octanol–water partition coefficient (Wildman–Crippen LogP) is 4.52. The summed E-state index contributed by atoms with van der Waals surface area (Å²) in [4.78, 5) is 1.78. The molecule has 26 heavy (non-hydrogen) atoms. The molecule has 0 aliphatic carbocycles. The van der Waals surface area contributed by atoms with Gasteiger partial charge < -0.3 is 0 Å². The van der Waals surface area contributed by atoms with Gasteiger partial charge >= 0.3 is 0 Å². The maximum Gasteiger partial charge on any atom is 0.208 e. The summed E-state index contributed by atoms with van der Waals surface area (Å²) in [6.07, 6.45) is 2.83. The van der Waals surface area contributed by atoms with Crippen LogP contribution in [0.25, 0.3) is 9.81 Å². The summed E-state index contributed by atoms with van der Waals surface area (Å²) in [5, 5.41) is 18.5. The molecule has 2 heterocycles. The standard InChI is InChI=1S/C20H14N2O2S2/c1-13-3-6-15(7-4-13)19-9-16(17(11-21)12-22)10-20(26(19,23)24)18-8-5-14(2)25-18/h3-10H,1-2H3. The normalized spacial score (nSPS) is 15.5. The van der Waals surface area contributed by atoms with Gasteiger partial charge in [0.05, 0.1) is 9.81 Å². The SMILES string of the molecule is Cc1ccc(C2=CC(=C(C#N)C#N)C=C(c3ccc(C)s3)S2(=O)=O)cc1. The van der Waals surface area contributed by atoms with Crippen molar-refractivity contribution in [1.82, 2.24) is 0 Å². The molecule has 4 nitrogen and oxygen atoms in total. The Morgan fingerprint density at radius 3 is 2.08 bits per heavy atom. The summed E-state index contributed by atoms with van der Waals surface area (Å²) in [6.45, 7) is 3.82. The predicted molar refractivity (Wildman–Crippen MR) is 103 cm³/mol. The lowest BCUT2D eigenvalue weighted by Crippen LogP contribution is -2.10. The van der Waals surface area contributed by atoms with Crippen molar-refractivity contribution < 1.29 is 8.42 Å². The number of hydrogen-bond donors (Lipinski definition) is 0. The van der Waals surface area contributed by atoms with Gasteiger partial charge in [0.25, 0.3) is 0 Å². The number of nitrogens with zero attached hydrogens (tertiary/aromatic N) is 2. The van der Waals surface area contributed by atoms with Crippen molar-refractivity contribution >= 4 is 31.0 Å². The first-order valence-corrected chi connectivity index (χ1v) is 10.0. The van der Waals surface area contributed by atoms with Crippen molar-refractivity contribution in [2.45, 2.75) is 13.8 Å². The summed E-state index contributed by atoms with van der Waals surface area (Å²) in [5.74, 6) is 0. The Labute approximate surface area is 156 Å². The van der Waals surface area contributed by atoms with Crippen LogP contribution in [0.3, 0.4) is 0 Å². The van der Waals surface area contributed by atoms with Crippen LogP contribution in [0, 0.1) is 36.5 Å². The molecular weight excluding hydrogens is 364 g/mol. The number of hydrogen-bond acceptors (Lipinski definition) is 5. The highest BCUT2D eigenvalue weighted by molar-refractivity contribution is 8.09. The number of nitriles is 2. The first-order valence-electron chi connectivity index (χ1n) is 7.73. The van der Waals surface area contributed by atoms with Crippen LogP contribution >= 0.6 is 11.3 Å². The number of benzene rings is 1. The van der Waals surface area contributed by atoms with Gasteiger partial charge in [-0.25, -0.2) is 8.42 Å². The molecule has 0 amide bonds. The van der Waals surface area contributed by atoms with Crippen LogP contribution in [0.1, 0.15) is 20.9 Å². The number of thiophene rings is 1. The highest BCUT2D eigenvalue weighted by Gasteiger charge is 2.31. The van der Waals surface area contributed by atoms with Crippen LogP contribution in [-0.4, -0.2) is 8.42 Å². The van der Waals surface area contributed by atoms with Crippen LogP contribution in [0.2, 0.25) is 0 Å². The average molecular weight is 378 g/mol. The minimum absolute atomic E-state index is 0.0963. The fraction of sp³-hybridized carbons (Fsp3) is 0.100. The third-order valence-electron chi connectivity index (χ3n) is 3.98. The lowest BCUT2D eigenvalue weighted by atomic mass is 10.1. The molecule has 0 atom stereocenters. The lowest BCUT2D eigenvalue weighted by molar-refractivity contribution is 0.614. The Morgan fingerprint density at radius 1 is 0.923 bits per heavy atom. The number of aryl methyl sites for hydroxylation is 2. The molecule has 0 saturated heterocycles.